The molecule has 1 fully saturated rings. The number of nitrogens with zero attached hydrogens (tertiary/aromatic N) is 1. The summed E-state index contributed by atoms with van der Waals surface area (Å²) in [6.07, 6.45) is 0. The van der Waals surface area contributed by atoms with Crippen LogP contribution in [0.5, 0.6) is 5.88 Å². The lowest BCUT2D eigenvalue weighted by Gasteiger charge is -2.29. The predicted octanol–water partition coefficient (Wildman–Crippen LogP) is 1.28. The van der Waals surface area contributed by atoms with Gasteiger partial charge in [-0.15, -0.1) is 0 Å². The summed E-state index contributed by atoms with van der Waals surface area (Å²) >= 11 is 0. The predicted molar refractivity (Wildman–Crippen MR) is 65.0 cm³/mol. The minimum Gasteiger partial charge on any atom is -0.495 e. The number of fused-ring (bicyclic) bond motifs is 1. The van der Waals surface area contributed by atoms with Crippen LogP contribution in [0.15, 0.2) is 24.3 Å². The van der Waals surface area contributed by atoms with Crippen LogP contribution >= 0.6 is 0 Å². The van der Waals surface area contributed by atoms with Gasteiger partial charge < -0.3 is 20.3 Å². The Labute approximate surface area is 93.9 Å². The SMILES string of the molecule is Oc1cc2cc(N3CCNCC3)ccc2[nH]1. The Morgan fingerprint density at radius 1 is 1.12 bits per heavy atom. The molecule has 0 amide bonds. The third-order valence-corrected chi connectivity index (χ3v) is 3.07. The second-order valence-corrected chi connectivity index (χ2v) is 4.16. The van der Waals surface area contributed by atoms with E-state index in [2.05, 4.69) is 27.3 Å². The van der Waals surface area contributed by atoms with Crippen LogP contribution in [0.4, 0.5) is 5.69 Å². The van der Waals surface area contributed by atoms with E-state index in [1.165, 1.54) is 5.69 Å². The van der Waals surface area contributed by atoms with Gasteiger partial charge in [-0.1, -0.05) is 0 Å². The highest BCUT2D eigenvalue weighted by Gasteiger charge is 2.11. The van der Waals surface area contributed by atoms with Crippen LogP contribution in [-0.2, 0) is 0 Å². The second-order valence-electron chi connectivity index (χ2n) is 4.16. The topological polar surface area (TPSA) is 51.3 Å². The molecule has 4 nitrogen and oxygen atoms in total. The molecule has 0 bridgehead atoms. The summed E-state index contributed by atoms with van der Waals surface area (Å²) in [6, 6.07) is 8.01. The lowest BCUT2D eigenvalue weighted by Crippen LogP contribution is -2.43. The molecule has 0 aliphatic carbocycles. The molecule has 0 unspecified atom stereocenters. The highest BCUT2D eigenvalue weighted by molar-refractivity contribution is 5.84. The van der Waals surface area contributed by atoms with Crippen molar-refractivity contribution in [2.24, 2.45) is 0 Å². The van der Waals surface area contributed by atoms with Gasteiger partial charge >= 0.3 is 0 Å². The fourth-order valence-corrected chi connectivity index (χ4v) is 2.22. The van der Waals surface area contributed by atoms with E-state index in [1.807, 2.05) is 6.07 Å². The van der Waals surface area contributed by atoms with Crippen LogP contribution in [0.1, 0.15) is 0 Å². The molecule has 1 aliphatic rings. The van der Waals surface area contributed by atoms with Crippen molar-refractivity contribution in [1.29, 1.82) is 0 Å². The summed E-state index contributed by atoms with van der Waals surface area (Å²) in [6.45, 7) is 4.16. The lowest BCUT2D eigenvalue weighted by molar-refractivity contribution is 0.458. The van der Waals surface area contributed by atoms with E-state index in [9.17, 15) is 5.11 Å². The van der Waals surface area contributed by atoms with E-state index in [4.69, 9.17) is 0 Å². The maximum absolute atomic E-state index is 9.38. The third-order valence-electron chi connectivity index (χ3n) is 3.07. The van der Waals surface area contributed by atoms with Crippen molar-refractivity contribution >= 4 is 16.6 Å². The quantitative estimate of drug-likeness (QED) is 0.674. The highest BCUT2D eigenvalue weighted by Crippen LogP contribution is 2.25. The van der Waals surface area contributed by atoms with Crippen molar-refractivity contribution in [3.63, 3.8) is 0 Å². The summed E-state index contributed by atoms with van der Waals surface area (Å²) in [5.41, 5.74) is 2.21. The molecule has 0 spiro atoms. The number of aromatic nitrogens is 1. The van der Waals surface area contributed by atoms with Gasteiger partial charge in [0.2, 0.25) is 0 Å². The number of benzene rings is 1. The van der Waals surface area contributed by atoms with Gasteiger partial charge in [0.1, 0.15) is 0 Å². The zero-order chi connectivity index (χ0) is 11.0. The third kappa shape index (κ3) is 1.61. The first-order valence-electron chi connectivity index (χ1n) is 5.60. The molecule has 16 heavy (non-hydrogen) atoms. The smallest absolute Gasteiger partial charge is 0.189 e. The summed E-state index contributed by atoms with van der Waals surface area (Å²) in [5, 5.41) is 13.8. The molecule has 3 rings (SSSR count). The molecule has 1 aliphatic heterocycles. The molecule has 0 radical (unpaired) electrons. The van der Waals surface area contributed by atoms with Crippen LogP contribution in [0.3, 0.4) is 0 Å². The number of nitrogens with one attached hydrogen (secondary N) is 2. The van der Waals surface area contributed by atoms with E-state index in [0.717, 1.165) is 37.1 Å². The van der Waals surface area contributed by atoms with E-state index in [-0.39, 0.29) is 5.88 Å². The molecular weight excluding hydrogens is 202 g/mol. The Kier molecular flexibility index (Phi) is 2.22. The van der Waals surface area contributed by atoms with Gasteiger partial charge in [-0.3, -0.25) is 0 Å². The average molecular weight is 217 g/mol. The standard InChI is InChI=1S/C12H15N3O/c16-12-8-9-7-10(1-2-11(9)14-12)15-5-3-13-4-6-15/h1-2,7-8,13-14,16H,3-6H2. The Bertz CT molecular complexity index is 500. The Morgan fingerprint density at radius 3 is 2.75 bits per heavy atom. The van der Waals surface area contributed by atoms with E-state index >= 15 is 0 Å². The number of rotatable bonds is 1. The van der Waals surface area contributed by atoms with Gasteiger partial charge in [0.05, 0.1) is 0 Å². The fourth-order valence-electron chi connectivity index (χ4n) is 2.22. The minimum atomic E-state index is 0.229. The van der Waals surface area contributed by atoms with E-state index < -0.39 is 0 Å². The van der Waals surface area contributed by atoms with E-state index in [1.54, 1.807) is 6.07 Å². The molecule has 1 aromatic heterocycles. The van der Waals surface area contributed by atoms with Crippen molar-refractivity contribution in [3.05, 3.63) is 24.3 Å². The number of piperazine rings is 1. The number of aromatic amines is 1. The van der Waals surface area contributed by atoms with Crippen LogP contribution in [0, 0.1) is 0 Å². The summed E-state index contributed by atoms with van der Waals surface area (Å²) < 4.78 is 0. The van der Waals surface area contributed by atoms with Crippen LogP contribution < -0.4 is 10.2 Å². The second kappa shape index (κ2) is 3.72. The zero-order valence-corrected chi connectivity index (χ0v) is 9.03. The minimum absolute atomic E-state index is 0.229. The maximum Gasteiger partial charge on any atom is 0.189 e. The molecule has 3 N–H and O–H groups in total. The number of anilines is 1. The number of H-pyrrole nitrogens is 1. The highest BCUT2D eigenvalue weighted by atomic mass is 16.3. The monoisotopic (exact) mass is 217 g/mol. The van der Waals surface area contributed by atoms with Crippen molar-refractivity contribution in [3.8, 4) is 5.88 Å². The molecule has 2 heterocycles. The largest absolute Gasteiger partial charge is 0.495 e. The normalized spacial score (nSPS) is 16.9. The van der Waals surface area contributed by atoms with Crippen LogP contribution in [-0.4, -0.2) is 36.3 Å². The van der Waals surface area contributed by atoms with Crippen molar-refractivity contribution in [2.75, 3.05) is 31.1 Å². The number of hydrogen-bond donors (Lipinski definition) is 3. The number of aromatic hydroxyl groups is 1. The number of hydrogen-bond acceptors (Lipinski definition) is 3. The Hall–Kier alpha value is -1.68. The van der Waals surface area contributed by atoms with Gasteiger partial charge in [0, 0.05) is 48.8 Å². The Morgan fingerprint density at radius 2 is 1.94 bits per heavy atom. The van der Waals surface area contributed by atoms with Crippen molar-refractivity contribution in [1.82, 2.24) is 10.3 Å². The van der Waals surface area contributed by atoms with Crippen LogP contribution in [0.2, 0.25) is 0 Å². The summed E-state index contributed by atoms with van der Waals surface area (Å²) in [5.74, 6) is 0.229. The molecule has 1 aromatic carbocycles. The molecule has 0 atom stereocenters. The van der Waals surface area contributed by atoms with Crippen molar-refractivity contribution in [2.45, 2.75) is 0 Å². The van der Waals surface area contributed by atoms with Crippen molar-refractivity contribution < 1.29 is 5.11 Å². The first-order valence-corrected chi connectivity index (χ1v) is 5.60. The van der Waals surface area contributed by atoms with Gasteiger partial charge in [-0.2, -0.15) is 0 Å². The lowest BCUT2D eigenvalue weighted by atomic mass is 10.2. The van der Waals surface area contributed by atoms with Gasteiger partial charge in [0.15, 0.2) is 5.88 Å². The Balaban J connectivity index is 1.97. The van der Waals surface area contributed by atoms with Gasteiger partial charge in [0.25, 0.3) is 0 Å². The zero-order valence-electron chi connectivity index (χ0n) is 9.03. The van der Waals surface area contributed by atoms with E-state index in [0.29, 0.717) is 0 Å². The van der Waals surface area contributed by atoms with Gasteiger partial charge in [-0.05, 0) is 18.2 Å². The first kappa shape index (κ1) is 9.54. The molecule has 0 saturated carbocycles. The van der Waals surface area contributed by atoms with Crippen LogP contribution in [0.25, 0.3) is 10.9 Å². The molecule has 2 aromatic rings. The maximum atomic E-state index is 9.38. The van der Waals surface area contributed by atoms with Gasteiger partial charge in [-0.25, -0.2) is 0 Å². The first-order chi connectivity index (χ1) is 7.83. The average Bonchev–Trinajstić information content (AvgIpc) is 2.69. The summed E-state index contributed by atoms with van der Waals surface area (Å²) in [7, 11) is 0. The molecule has 84 valence electrons. The molecule has 4 heteroatoms. The molecule has 1 saturated heterocycles. The fraction of sp³-hybridized carbons (Fsp3) is 0.333. The molecular formula is C12H15N3O. The summed E-state index contributed by atoms with van der Waals surface area (Å²) in [4.78, 5) is 5.27.